The van der Waals surface area contributed by atoms with Gasteiger partial charge in [0, 0.05) is 0 Å². The highest BCUT2D eigenvalue weighted by molar-refractivity contribution is 7.88. The van der Waals surface area contributed by atoms with Gasteiger partial charge in [-0.25, -0.2) is 17.5 Å². The lowest BCUT2D eigenvalue weighted by Crippen LogP contribution is -2.41. The number of carbonyl (C=O) groups is 1. The van der Waals surface area contributed by atoms with E-state index in [1.54, 1.807) is 6.07 Å². The van der Waals surface area contributed by atoms with Crippen molar-refractivity contribution in [3.8, 4) is 6.07 Å². The van der Waals surface area contributed by atoms with Gasteiger partial charge in [0.05, 0.1) is 17.4 Å². The Balaban J connectivity index is 2.91. The predicted molar refractivity (Wildman–Crippen MR) is 77.8 cm³/mol. The molecule has 1 rings (SSSR count). The minimum atomic E-state index is -3.96. The second-order valence-corrected chi connectivity index (χ2v) is 6.58. The van der Waals surface area contributed by atoms with Crippen molar-refractivity contribution in [2.75, 3.05) is 0 Å². The fourth-order valence-electron chi connectivity index (χ4n) is 1.88. The first-order chi connectivity index (χ1) is 10.3. The molecule has 1 atom stereocenters. The maximum absolute atomic E-state index is 13.0. The first-order valence-electron chi connectivity index (χ1n) is 6.70. The zero-order valence-electron chi connectivity index (χ0n) is 12.0. The highest BCUT2D eigenvalue weighted by Gasteiger charge is 2.24. The van der Waals surface area contributed by atoms with Crippen LogP contribution < -0.4 is 4.72 Å². The molecule has 0 aliphatic rings. The minimum absolute atomic E-state index is 0.0918. The fraction of sp³-hybridized carbons (Fsp3) is 0.429. The van der Waals surface area contributed by atoms with Crippen LogP contribution in [-0.4, -0.2) is 25.5 Å². The molecular weight excluding hydrogens is 311 g/mol. The van der Waals surface area contributed by atoms with Crippen LogP contribution in [0.2, 0.25) is 0 Å². The number of carboxylic acid groups (broad SMARTS) is 1. The predicted octanol–water partition coefficient (Wildman–Crippen LogP) is 1.76. The summed E-state index contributed by atoms with van der Waals surface area (Å²) < 4.78 is 39.2. The van der Waals surface area contributed by atoms with Crippen LogP contribution in [0.1, 0.15) is 37.3 Å². The van der Waals surface area contributed by atoms with Gasteiger partial charge >= 0.3 is 5.97 Å². The average Bonchev–Trinajstić information content (AvgIpc) is 2.44. The molecule has 0 aromatic heterocycles. The number of unbranched alkanes of at least 4 members (excludes halogenated alkanes) is 1. The number of carboxylic acids is 1. The van der Waals surface area contributed by atoms with Crippen LogP contribution in [0, 0.1) is 17.1 Å². The molecule has 0 amide bonds. The van der Waals surface area contributed by atoms with E-state index >= 15 is 0 Å². The van der Waals surface area contributed by atoms with Crippen molar-refractivity contribution in [1.29, 1.82) is 5.26 Å². The number of nitrogens with one attached hydrogen (secondary N) is 1. The van der Waals surface area contributed by atoms with Gasteiger partial charge in [-0.05, 0) is 24.1 Å². The normalized spacial score (nSPS) is 12.6. The molecule has 6 nitrogen and oxygen atoms in total. The number of hydrogen-bond acceptors (Lipinski definition) is 4. The van der Waals surface area contributed by atoms with E-state index in [0.29, 0.717) is 6.42 Å². The molecule has 1 aromatic rings. The smallest absolute Gasteiger partial charge is 0.321 e. The van der Waals surface area contributed by atoms with Crippen LogP contribution in [0.4, 0.5) is 4.39 Å². The zero-order chi connectivity index (χ0) is 16.8. The van der Waals surface area contributed by atoms with E-state index in [2.05, 4.69) is 4.72 Å². The molecule has 0 saturated carbocycles. The number of halogens is 1. The summed E-state index contributed by atoms with van der Waals surface area (Å²) in [6, 6.07) is 3.71. The van der Waals surface area contributed by atoms with Crippen LogP contribution >= 0.6 is 0 Å². The summed E-state index contributed by atoms with van der Waals surface area (Å²) in [5.41, 5.74) is 0.0295. The Morgan fingerprint density at radius 3 is 2.73 bits per heavy atom. The summed E-state index contributed by atoms with van der Waals surface area (Å²) in [4.78, 5) is 11.1. The Morgan fingerprint density at radius 2 is 2.18 bits per heavy atom. The monoisotopic (exact) mass is 328 g/mol. The lowest BCUT2D eigenvalue weighted by atomic mass is 10.1. The molecule has 0 radical (unpaired) electrons. The van der Waals surface area contributed by atoms with Crippen LogP contribution in [0.3, 0.4) is 0 Å². The molecule has 120 valence electrons. The van der Waals surface area contributed by atoms with Gasteiger partial charge in [0.1, 0.15) is 11.9 Å². The first kappa shape index (κ1) is 18.1. The Labute approximate surface area is 128 Å². The van der Waals surface area contributed by atoms with E-state index in [4.69, 9.17) is 10.4 Å². The number of aliphatic carboxylic acids is 1. The molecule has 0 heterocycles. The number of nitriles is 1. The number of nitrogens with zero attached hydrogens (tertiary/aromatic N) is 1. The summed E-state index contributed by atoms with van der Waals surface area (Å²) >= 11 is 0. The van der Waals surface area contributed by atoms with Crippen molar-refractivity contribution in [1.82, 2.24) is 4.72 Å². The number of rotatable bonds is 8. The molecule has 0 aliphatic heterocycles. The molecule has 0 aliphatic carbocycles. The van der Waals surface area contributed by atoms with Crippen molar-refractivity contribution in [3.05, 3.63) is 35.1 Å². The third kappa shape index (κ3) is 5.42. The van der Waals surface area contributed by atoms with Gasteiger partial charge in [0.15, 0.2) is 0 Å². The Bertz CT molecular complexity index is 683. The van der Waals surface area contributed by atoms with Crippen LogP contribution in [0.25, 0.3) is 0 Å². The quantitative estimate of drug-likeness (QED) is 0.756. The maximum atomic E-state index is 13.0. The Morgan fingerprint density at radius 1 is 1.50 bits per heavy atom. The van der Waals surface area contributed by atoms with Gasteiger partial charge in [-0.1, -0.05) is 25.8 Å². The third-order valence-electron chi connectivity index (χ3n) is 3.00. The highest BCUT2D eigenvalue weighted by atomic mass is 32.2. The number of benzene rings is 1. The average molecular weight is 328 g/mol. The molecule has 1 aromatic carbocycles. The van der Waals surface area contributed by atoms with Crippen LogP contribution in [0.15, 0.2) is 18.2 Å². The second-order valence-electron chi connectivity index (χ2n) is 4.82. The summed E-state index contributed by atoms with van der Waals surface area (Å²) in [6.07, 6.45) is 1.49. The molecule has 0 saturated heterocycles. The lowest BCUT2D eigenvalue weighted by Gasteiger charge is -2.14. The van der Waals surface area contributed by atoms with E-state index in [-0.39, 0.29) is 17.5 Å². The summed E-state index contributed by atoms with van der Waals surface area (Å²) in [5.74, 6) is -2.47. The number of hydrogen-bond donors (Lipinski definition) is 2. The molecule has 0 spiro atoms. The van der Waals surface area contributed by atoms with Gasteiger partial charge < -0.3 is 5.11 Å². The van der Waals surface area contributed by atoms with E-state index < -0.39 is 33.6 Å². The van der Waals surface area contributed by atoms with Crippen molar-refractivity contribution in [3.63, 3.8) is 0 Å². The topological polar surface area (TPSA) is 107 Å². The molecular formula is C14H17FN2O4S. The summed E-state index contributed by atoms with van der Waals surface area (Å²) in [7, 11) is -3.96. The summed E-state index contributed by atoms with van der Waals surface area (Å²) in [5, 5.41) is 17.9. The standard InChI is InChI=1S/C14H17FN2O4S/c1-2-3-4-13(14(18)19)17-22(20,21)9-10-5-6-12(15)7-11(10)8-16/h5-7,13,17H,2-4,9H2,1H3,(H,18,19). The van der Waals surface area contributed by atoms with Gasteiger partial charge in [0.25, 0.3) is 0 Å². The van der Waals surface area contributed by atoms with Gasteiger partial charge in [0.2, 0.25) is 10.0 Å². The van der Waals surface area contributed by atoms with Crippen molar-refractivity contribution in [2.24, 2.45) is 0 Å². The second kappa shape index (κ2) is 7.87. The molecule has 1 unspecified atom stereocenters. The van der Waals surface area contributed by atoms with Crippen LogP contribution in [-0.2, 0) is 20.6 Å². The molecule has 0 fully saturated rings. The van der Waals surface area contributed by atoms with Crippen molar-refractivity contribution < 1.29 is 22.7 Å². The minimum Gasteiger partial charge on any atom is -0.480 e. The van der Waals surface area contributed by atoms with Gasteiger partial charge in [-0.3, -0.25) is 4.79 Å². The van der Waals surface area contributed by atoms with E-state index in [9.17, 15) is 17.6 Å². The van der Waals surface area contributed by atoms with Crippen molar-refractivity contribution >= 4 is 16.0 Å². The van der Waals surface area contributed by atoms with E-state index in [1.807, 2.05) is 6.92 Å². The van der Waals surface area contributed by atoms with Crippen molar-refractivity contribution in [2.45, 2.75) is 38.0 Å². The SMILES string of the molecule is CCCCC(NS(=O)(=O)Cc1ccc(F)cc1C#N)C(=O)O. The highest BCUT2D eigenvalue weighted by Crippen LogP contribution is 2.14. The Hall–Kier alpha value is -1.98. The molecule has 22 heavy (non-hydrogen) atoms. The van der Waals surface area contributed by atoms with Gasteiger partial charge in [-0.2, -0.15) is 5.26 Å². The lowest BCUT2D eigenvalue weighted by molar-refractivity contribution is -0.139. The molecule has 0 bridgehead atoms. The molecule has 8 heteroatoms. The maximum Gasteiger partial charge on any atom is 0.321 e. The fourth-order valence-corrected chi connectivity index (χ4v) is 3.28. The largest absolute Gasteiger partial charge is 0.480 e. The van der Waals surface area contributed by atoms with Crippen LogP contribution in [0.5, 0.6) is 0 Å². The zero-order valence-corrected chi connectivity index (χ0v) is 12.9. The number of sulfonamides is 1. The Kier molecular flexibility index (Phi) is 6.46. The van der Waals surface area contributed by atoms with Gasteiger partial charge in [-0.15, -0.1) is 0 Å². The van der Waals surface area contributed by atoms with E-state index in [0.717, 1.165) is 18.6 Å². The first-order valence-corrected chi connectivity index (χ1v) is 8.35. The van der Waals surface area contributed by atoms with E-state index in [1.165, 1.54) is 6.07 Å². The molecule has 2 N–H and O–H groups in total. The summed E-state index contributed by atoms with van der Waals surface area (Å²) in [6.45, 7) is 1.87. The third-order valence-corrected chi connectivity index (χ3v) is 4.34.